The van der Waals surface area contributed by atoms with Crippen molar-refractivity contribution in [3.8, 4) is 17.1 Å². The molecule has 0 bridgehead atoms. The molecule has 128 valence electrons. The fourth-order valence-electron chi connectivity index (χ4n) is 2.40. The lowest BCUT2D eigenvalue weighted by Crippen LogP contribution is -2.12. The van der Waals surface area contributed by atoms with Gasteiger partial charge in [0.1, 0.15) is 5.75 Å². The first-order valence-electron chi connectivity index (χ1n) is 8.10. The summed E-state index contributed by atoms with van der Waals surface area (Å²) in [5, 5.41) is 2.84. The molecule has 0 atom stereocenters. The molecule has 5 nitrogen and oxygen atoms in total. The molecule has 0 saturated carbocycles. The molecule has 0 saturated heterocycles. The third kappa shape index (κ3) is 4.47. The highest BCUT2D eigenvalue weighted by atomic mass is 16.5. The van der Waals surface area contributed by atoms with Crippen LogP contribution < -0.4 is 10.1 Å². The van der Waals surface area contributed by atoms with E-state index in [0.717, 1.165) is 17.0 Å². The Hall–Kier alpha value is -3.08. The van der Waals surface area contributed by atoms with Crippen molar-refractivity contribution in [2.75, 3.05) is 12.4 Å². The van der Waals surface area contributed by atoms with Crippen molar-refractivity contribution in [2.24, 2.45) is 0 Å². The molecule has 5 heteroatoms. The normalized spacial score (nSPS) is 10.5. The summed E-state index contributed by atoms with van der Waals surface area (Å²) in [4.78, 5) is 16.3. The quantitative estimate of drug-likeness (QED) is 0.731. The molecule has 0 aliphatic rings. The number of amides is 1. The first-order chi connectivity index (χ1) is 12.1. The van der Waals surface area contributed by atoms with Crippen LogP contribution in [0.3, 0.4) is 0 Å². The fourth-order valence-corrected chi connectivity index (χ4v) is 2.40. The Bertz CT molecular complexity index is 836. The Kier molecular flexibility index (Phi) is 5.14. The number of aryl methyl sites for hydroxylation is 2. The number of nitrogens with zero attached hydrogens (tertiary/aromatic N) is 1. The van der Waals surface area contributed by atoms with E-state index in [1.165, 1.54) is 5.56 Å². The Morgan fingerprint density at radius 1 is 1.12 bits per heavy atom. The smallest absolute Gasteiger partial charge is 0.224 e. The summed E-state index contributed by atoms with van der Waals surface area (Å²) in [5.74, 6) is 1.94. The molecule has 0 spiro atoms. The van der Waals surface area contributed by atoms with Gasteiger partial charge >= 0.3 is 0 Å². The maximum Gasteiger partial charge on any atom is 0.224 e. The number of carbonyl (C=O) groups is 1. The molecule has 0 unspecified atom stereocenters. The predicted molar refractivity (Wildman–Crippen MR) is 96.6 cm³/mol. The lowest BCUT2D eigenvalue weighted by molar-refractivity contribution is -0.116. The molecule has 1 amide bonds. The molecular weight excluding hydrogens is 316 g/mol. The highest BCUT2D eigenvalue weighted by Crippen LogP contribution is 2.21. The predicted octanol–water partition coefficient (Wildman–Crippen LogP) is 4.23. The molecule has 1 aromatic heterocycles. The molecule has 0 fully saturated rings. The van der Waals surface area contributed by atoms with Crippen molar-refractivity contribution in [1.82, 2.24) is 4.98 Å². The number of methoxy groups -OCH3 is 1. The van der Waals surface area contributed by atoms with Gasteiger partial charge in [0.05, 0.1) is 13.3 Å². The highest BCUT2D eigenvalue weighted by molar-refractivity contribution is 5.90. The Balaban J connectivity index is 1.54. The van der Waals surface area contributed by atoms with Crippen molar-refractivity contribution < 1.29 is 13.9 Å². The summed E-state index contributed by atoms with van der Waals surface area (Å²) in [5.41, 5.74) is 2.91. The van der Waals surface area contributed by atoms with Gasteiger partial charge in [-0.3, -0.25) is 4.79 Å². The van der Waals surface area contributed by atoms with Crippen molar-refractivity contribution in [1.29, 1.82) is 0 Å². The maximum atomic E-state index is 12.0. The molecule has 0 aliphatic heterocycles. The molecule has 25 heavy (non-hydrogen) atoms. The molecule has 1 N–H and O–H groups in total. The van der Waals surface area contributed by atoms with E-state index in [0.29, 0.717) is 24.5 Å². The zero-order valence-corrected chi connectivity index (χ0v) is 14.3. The van der Waals surface area contributed by atoms with Crippen LogP contribution >= 0.6 is 0 Å². The topological polar surface area (TPSA) is 64.4 Å². The lowest BCUT2D eigenvalue weighted by Gasteiger charge is -2.05. The van der Waals surface area contributed by atoms with E-state index >= 15 is 0 Å². The van der Waals surface area contributed by atoms with Crippen molar-refractivity contribution in [3.63, 3.8) is 0 Å². The average Bonchev–Trinajstić information content (AvgIpc) is 3.10. The standard InChI is InChI=1S/C20H20N2O3/c1-14-3-5-15(6-4-14)18-13-21-20(25-18)12-11-19(23)22-16-7-9-17(24-2)10-8-16/h3-10,13H,11-12H2,1-2H3,(H,22,23). The van der Waals surface area contributed by atoms with Gasteiger partial charge in [0.25, 0.3) is 0 Å². The highest BCUT2D eigenvalue weighted by Gasteiger charge is 2.09. The number of ether oxygens (including phenoxy) is 1. The van der Waals surface area contributed by atoms with Gasteiger partial charge in [0, 0.05) is 24.1 Å². The van der Waals surface area contributed by atoms with Gasteiger partial charge in [0.15, 0.2) is 11.7 Å². The van der Waals surface area contributed by atoms with Crippen molar-refractivity contribution in [2.45, 2.75) is 19.8 Å². The van der Waals surface area contributed by atoms with Gasteiger partial charge in [-0.1, -0.05) is 29.8 Å². The summed E-state index contributed by atoms with van der Waals surface area (Å²) in [7, 11) is 1.61. The van der Waals surface area contributed by atoms with Gasteiger partial charge < -0.3 is 14.5 Å². The SMILES string of the molecule is COc1ccc(NC(=O)CCc2ncc(-c3ccc(C)cc3)o2)cc1. The van der Waals surface area contributed by atoms with E-state index in [4.69, 9.17) is 9.15 Å². The van der Waals surface area contributed by atoms with Gasteiger partial charge in [-0.15, -0.1) is 0 Å². The third-order valence-electron chi connectivity index (χ3n) is 3.83. The summed E-state index contributed by atoms with van der Waals surface area (Å²) in [6.45, 7) is 2.04. The van der Waals surface area contributed by atoms with Crippen molar-refractivity contribution in [3.05, 3.63) is 66.2 Å². The Morgan fingerprint density at radius 3 is 2.52 bits per heavy atom. The van der Waals surface area contributed by atoms with E-state index < -0.39 is 0 Å². The van der Waals surface area contributed by atoms with Crippen LogP contribution in [-0.4, -0.2) is 18.0 Å². The van der Waals surface area contributed by atoms with Crippen LogP contribution in [-0.2, 0) is 11.2 Å². The molecule has 1 heterocycles. The van der Waals surface area contributed by atoms with Crippen molar-refractivity contribution >= 4 is 11.6 Å². The number of hydrogen-bond acceptors (Lipinski definition) is 4. The van der Waals surface area contributed by atoms with Crippen LogP contribution in [0.4, 0.5) is 5.69 Å². The number of benzene rings is 2. The first kappa shape index (κ1) is 16.8. The number of anilines is 1. The minimum absolute atomic E-state index is 0.0831. The first-order valence-corrected chi connectivity index (χ1v) is 8.10. The molecule has 3 rings (SSSR count). The summed E-state index contributed by atoms with van der Waals surface area (Å²) < 4.78 is 10.8. The molecule has 2 aromatic carbocycles. The zero-order valence-electron chi connectivity index (χ0n) is 14.3. The molecular formula is C20H20N2O3. The summed E-state index contributed by atoms with van der Waals surface area (Å²) >= 11 is 0. The van der Waals surface area contributed by atoms with E-state index in [-0.39, 0.29) is 5.91 Å². The van der Waals surface area contributed by atoms with E-state index in [1.54, 1.807) is 37.6 Å². The number of aromatic nitrogens is 1. The second-order valence-corrected chi connectivity index (χ2v) is 5.76. The lowest BCUT2D eigenvalue weighted by atomic mass is 10.1. The number of hydrogen-bond donors (Lipinski definition) is 1. The minimum atomic E-state index is -0.0831. The largest absolute Gasteiger partial charge is 0.497 e. The van der Waals surface area contributed by atoms with E-state index in [1.807, 2.05) is 31.2 Å². The van der Waals surface area contributed by atoms with Crippen LogP contribution in [0, 0.1) is 6.92 Å². The second kappa shape index (κ2) is 7.66. The molecule has 0 radical (unpaired) electrons. The number of rotatable bonds is 6. The zero-order chi connectivity index (χ0) is 17.6. The Morgan fingerprint density at radius 2 is 1.84 bits per heavy atom. The monoisotopic (exact) mass is 336 g/mol. The van der Waals surface area contributed by atoms with E-state index in [2.05, 4.69) is 10.3 Å². The van der Waals surface area contributed by atoms with E-state index in [9.17, 15) is 4.79 Å². The number of oxazole rings is 1. The van der Waals surface area contributed by atoms with Crippen LogP contribution in [0.15, 0.2) is 59.1 Å². The maximum absolute atomic E-state index is 12.0. The average molecular weight is 336 g/mol. The third-order valence-corrected chi connectivity index (χ3v) is 3.83. The minimum Gasteiger partial charge on any atom is -0.497 e. The van der Waals surface area contributed by atoms with Crippen LogP contribution in [0.2, 0.25) is 0 Å². The molecule has 3 aromatic rings. The van der Waals surface area contributed by atoms with Crippen LogP contribution in [0.1, 0.15) is 17.9 Å². The van der Waals surface area contributed by atoms with Gasteiger partial charge in [0.2, 0.25) is 5.91 Å². The fraction of sp³-hybridized carbons (Fsp3) is 0.200. The van der Waals surface area contributed by atoms with Crippen LogP contribution in [0.5, 0.6) is 5.75 Å². The summed E-state index contributed by atoms with van der Waals surface area (Å²) in [6, 6.07) is 15.3. The van der Waals surface area contributed by atoms with Gasteiger partial charge in [-0.05, 0) is 31.2 Å². The molecule has 0 aliphatic carbocycles. The Labute approximate surface area is 146 Å². The second-order valence-electron chi connectivity index (χ2n) is 5.76. The van der Waals surface area contributed by atoms with Gasteiger partial charge in [-0.25, -0.2) is 4.98 Å². The number of nitrogens with one attached hydrogen (secondary N) is 1. The number of carbonyl (C=O) groups excluding carboxylic acids is 1. The summed E-state index contributed by atoms with van der Waals surface area (Å²) in [6.07, 6.45) is 2.45. The van der Waals surface area contributed by atoms with Gasteiger partial charge in [-0.2, -0.15) is 0 Å². The van der Waals surface area contributed by atoms with Crippen LogP contribution in [0.25, 0.3) is 11.3 Å².